The number of likely N-dealkylation sites (N-methyl/N-ethyl adjacent to an activating group) is 1. The Morgan fingerprint density at radius 1 is 1.14 bits per heavy atom. The number of carbonyl (C=O) groups excluding carboxylic acids is 3. The number of aliphatic hydroxyl groups excluding tert-OH is 1. The van der Waals surface area contributed by atoms with Crippen LogP contribution in [-0.4, -0.2) is 93.4 Å². The van der Waals surface area contributed by atoms with E-state index in [2.05, 4.69) is 20.1 Å². The highest BCUT2D eigenvalue weighted by Gasteiger charge is 2.73. The summed E-state index contributed by atoms with van der Waals surface area (Å²) in [6, 6.07) is -0.548. The molecular formula is C27H43N3O4S. The molecule has 35 heavy (non-hydrogen) atoms. The number of unbranched alkanes of at least 4 members (excludes halogenated alkanes) is 4. The number of nitrogens with zero attached hydrogens (tertiary/aromatic N) is 3. The van der Waals surface area contributed by atoms with Crippen LogP contribution in [0.25, 0.3) is 0 Å². The first kappa shape index (κ1) is 27.8. The number of aliphatic hydroxyl groups is 1. The van der Waals surface area contributed by atoms with Crippen molar-refractivity contribution in [2.75, 3.05) is 39.8 Å². The van der Waals surface area contributed by atoms with E-state index in [4.69, 9.17) is 0 Å². The zero-order chi connectivity index (χ0) is 25.6. The molecule has 3 saturated heterocycles. The van der Waals surface area contributed by atoms with E-state index in [1.54, 1.807) is 40.8 Å². The van der Waals surface area contributed by atoms with Crippen LogP contribution in [0.2, 0.25) is 0 Å². The Balaban J connectivity index is 1.94. The Kier molecular flexibility index (Phi) is 9.87. The van der Waals surface area contributed by atoms with Crippen LogP contribution in [0, 0.1) is 11.8 Å². The van der Waals surface area contributed by atoms with Gasteiger partial charge >= 0.3 is 0 Å². The van der Waals surface area contributed by atoms with Crippen molar-refractivity contribution in [3.05, 3.63) is 25.3 Å². The van der Waals surface area contributed by atoms with Gasteiger partial charge < -0.3 is 19.8 Å². The summed E-state index contributed by atoms with van der Waals surface area (Å²) in [5, 5.41) is 9.26. The molecule has 7 nitrogen and oxygen atoms in total. The Hall–Kier alpha value is -1.80. The van der Waals surface area contributed by atoms with Gasteiger partial charge in [-0.1, -0.05) is 31.9 Å². The summed E-state index contributed by atoms with van der Waals surface area (Å²) >= 11 is 1.72. The third kappa shape index (κ3) is 5.33. The summed E-state index contributed by atoms with van der Waals surface area (Å²) in [4.78, 5) is 46.9. The Labute approximate surface area is 215 Å². The lowest BCUT2D eigenvalue weighted by Gasteiger charge is -2.37. The molecular weight excluding hydrogens is 462 g/mol. The highest BCUT2D eigenvalue weighted by atomic mass is 32.2. The highest BCUT2D eigenvalue weighted by Crippen LogP contribution is 2.66. The van der Waals surface area contributed by atoms with Gasteiger partial charge in [0.1, 0.15) is 6.04 Å². The van der Waals surface area contributed by atoms with Crippen molar-refractivity contribution in [2.45, 2.75) is 74.3 Å². The molecule has 3 rings (SSSR count). The van der Waals surface area contributed by atoms with Crippen molar-refractivity contribution in [1.29, 1.82) is 0 Å². The zero-order valence-electron chi connectivity index (χ0n) is 21.5. The van der Waals surface area contributed by atoms with Crippen LogP contribution in [-0.2, 0) is 14.4 Å². The number of thioether (sulfide) groups is 1. The van der Waals surface area contributed by atoms with Crippen LogP contribution < -0.4 is 0 Å². The maximum absolute atomic E-state index is 14.1. The van der Waals surface area contributed by atoms with Crippen molar-refractivity contribution in [3.8, 4) is 0 Å². The molecule has 0 aromatic carbocycles. The standard InChI is InChI=1S/C27H43N3O4S/c1-5-8-10-17-29(16-7-3)26(34)23-27-14-13-20(35-27)21(24(32)28(4)15-6-2)22(27)25(33)30(23)18-11-9-12-19-31/h6-7,20-23,31H,2-3,5,8-19H2,1,4H3/t20-,21+,22-,23?,27?/m0/s1. The van der Waals surface area contributed by atoms with Crippen molar-refractivity contribution in [1.82, 2.24) is 14.7 Å². The summed E-state index contributed by atoms with van der Waals surface area (Å²) in [5.74, 6) is -0.906. The summed E-state index contributed by atoms with van der Waals surface area (Å²) in [6.45, 7) is 11.9. The number of hydrogen-bond acceptors (Lipinski definition) is 5. The lowest BCUT2D eigenvalue weighted by Crippen LogP contribution is -2.55. The van der Waals surface area contributed by atoms with Crippen LogP contribution in [0.15, 0.2) is 25.3 Å². The maximum atomic E-state index is 14.1. The molecule has 196 valence electrons. The molecule has 8 heteroatoms. The van der Waals surface area contributed by atoms with E-state index in [1.165, 1.54) is 0 Å². The minimum absolute atomic E-state index is 0.000272. The molecule has 2 unspecified atom stereocenters. The Morgan fingerprint density at radius 3 is 2.54 bits per heavy atom. The third-order valence-corrected chi connectivity index (χ3v) is 9.80. The summed E-state index contributed by atoms with van der Waals surface area (Å²) < 4.78 is -0.546. The molecule has 2 bridgehead atoms. The fraction of sp³-hybridized carbons (Fsp3) is 0.741. The molecule has 1 spiro atoms. The Bertz CT molecular complexity index is 805. The van der Waals surface area contributed by atoms with Crippen molar-refractivity contribution in [3.63, 3.8) is 0 Å². The molecule has 0 aromatic rings. The molecule has 0 radical (unpaired) electrons. The first-order valence-corrected chi connectivity index (χ1v) is 14.1. The SMILES string of the molecule is C=CCN(C)C(=O)[C@@H]1[C@@H]2CCC3(S2)C(C(=O)N(CC=C)CCCCC)N(CCCCCO)C(=O)[C@H]13. The fourth-order valence-corrected chi connectivity index (χ4v) is 8.44. The van der Waals surface area contributed by atoms with Gasteiger partial charge in [0.25, 0.3) is 0 Å². The number of rotatable bonds is 15. The summed E-state index contributed by atoms with van der Waals surface area (Å²) in [7, 11) is 1.77. The largest absolute Gasteiger partial charge is 0.396 e. The molecule has 0 aromatic heterocycles. The smallest absolute Gasteiger partial charge is 0.247 e. The molecule has 3 aliphatic rings. The highest BCUT2D eigenvalue weighted by molar-refractivity contribution is 8.02. The van der Waals surface area contributed by atoms with Gasteiger partial charge in [-0.15, -0.1) is 24.9 Å². The van der Waals surface area contributed by atoms with Gasteiger partial charge in [-0.05, 0) is 38.5 Å². The first-order valence-electron chi connectivity index (χ1n) is 13.2. The van der Waals surface area contributed by atoms with Crippen molar-refractivity contribution < 1.29 is 19.5 Å². The first-order chi connectivity index (χ1) is 16.9. The van der Waals surface area contributed by atoms with Gasteiger partial charge in [0, 0.05) is 45.1 Å². The van der Waals surface area contributed by atoms with Gasteiger partial charge in [0.05, 0.1) is 16.6 Å². The molecule has 5 atom stereocenters. The molecule has 1 N–H and O–H groups in total. The molecule has 0 saturated carbocycles. The summed E-state index contributed by atoms with van der Waals surface area (Å²) in [6.07, 6.45) is 10.4. The van der Waals surface area contributed by atoms with E-state index in [0.29, 0.717) is 32.6 Å². The zero-order valence-corrected chi connectivity index (χ0v) is 22.3. The molecule has 3 amide bonds. The number of amides is 3. The van der Waals surface area contributed by atoms with Crippen LogP contribution >= 0.6 is 11.8 Å². The molecule has 3 fully saturated rings. The van der Waals surface area contributed by atoms with E-state index in [-0.39, 0.29) is 29.6 Å². The van der Waals surface area contributed by atoms with Crippen molar-refractivity contribution >= 4 is 29.5 Å². The van der Waals surface area contributed by atoms with E-state index in [0.717, 1.165) is 44.9 Å². The minimum atomic E-state index is -0.548. The molecule has 0 aliphatic carbocycles. The average Bonchev–Trinajstić information content (AvgIpc) is 3.48. The summed E-state index contributed by atoms with van der Waals surface area (Å²) in [5.41, 5.74) is 0. The minimum Gasteiger partial charge on any atom is -0.396 e. The quantitative estimate of drug-likeness (QED) is 0.273. The second kappa shape index (κ2) is 12.4. The average molecular weight is 506 g/mol. The van der Waals surface area contributed by atoms with E-state index < -0.39 is 22.6 Å². The van der Waals surface area contributed by atoms with Crippen LogP contribution in [0.5, 0.6) is 0 Å². The fourth-order valence-electron chi connectivity index (χ4n) is 6.24. The second-order valence-corrected chi connectivity index (χ2v) is 11.8. The predicted octanol–water partition coefficient (Wildman–Crippen LogP) is 3.09. The second-order valence-electron chi connectivity index (χ2n) is 10.2. The third-order valence-electron chi connectivity index (χ3n) is 7.85. The monoisotopic (exact) mass is 505 g/mol. The van der Waals surface area contributed by atoms with E-state index in [1.807, 2.05) is 4.90 Å². The van der Waals surface area contributed by atoms with Crippen LogP contribution in [0.3, 0.4) is 0 Å². The van der Waals surface area contributed by atoms with Crippen LogP contribution in [0.1, 0.15) is 58.3 Å². The van der Waals surface area contributed by atoms with Gasteiger partial charge in [-0.2, -0.15) is 0 Å². The number of fused-ring (bicyclic) bond motifs is 1. The number of hydrogen-bond donors (Lipinski definition) is 1. The van der Waals surface area contributed by atoms with Gasteiger partial charge in [-0.3, -0.25) is 14.4 Å². The van der Waals surface area contributed by atoms with E-state index in [9.17, 15) is 19.5 Å². The van der Waals surface area contributed by atoms with E-state index >= 15 is 0 Å². The maximum Gasteiger partial charge on any atom is 0.247 e. The number of likely N-dealkylation sites (tertiary alicyclic amines) is 1. The van der Waals surface area contributed by atoms with Gasteiger partial charge in [0.2, 0.25) is 17.7 Å². The predicted molar refractivity (Wildman–Crippen MR) is 141 cm³/mol. The van der Waals surface area contributed by atoms with Crippen molar-refractivity contribution in [2.24, 2.45) is 11.8 Å². The molecule has 3 aliphatic heterocycles. The van der Waals surface area contributed by atoms with Gasteiger partial charge in [-0.25, -0.2) is 0 Å². The topological polar surface area (TPSA) is 81.2 Å². The molecule has 3 heterocycles. The lowest BCUT2D eigenvalue weighted by atomic mass is 9.70. The van der Waals surface area contributed by atoms with Crippen LogP contribution in [0.4, 0.5) is 0 Å². The number of carbonyl (C=O) groups is 3. The lowest BCUT2D eigenvalue weighted by molar-refractivity contribution is -0.144. The van der Waals surface area contributed by atoms with Gasteiger partial charge in [0.15, 0.2) is 0 Å². The Morgan fingerprint density at radius 2 is 1.89 bits per heavy atom. The normalized spacial score (nSPS) is 28.8.